The molecule has 2 amide bonds. The van der Waals surface area contributed by atoms with Crippen molar-refractivity contribution >= 4 is 40.9 Å². The van der Waals surface area contributed by atoms with E-state index in [2.05, 4.69) is 17.1 Å². The number of fused-ring (bicyclic) bond motifs is 9. The highest BCUT2D eigenvalue weighted by molar-refractivity contribution is 8.00. The Kier molecular flexibility index (Phi) is 5.44. The van der Waals surface area contributed by atoms with Crippen LogP contribution in [0, 0.1) is 29.6 Å². The lowest BCUT2D eigenvalue weighted by atomic mass is 9.68. The standard InChI is InChI=1S/C25H26N2O5S2/c28-15(29)9-5-2-6-10-27-23(30)18-13-11-14(19(18)24(27)31)20-17(13)16(12-7-3-1-4-8-12)21-22(33-20)26-25(32)34-21/h1,3-4,7-8,13-14,16-20H,2,5-6,9-11H2,(H,26,32)(H,28,29)/t13?,14?,16-,17?,18?,19?,20?/m1/s1. The van der Waals surface area contributed by atoms with Crippen molar-refractivity contribution in [2.75, 3.05) is 6.54 Å². The summed E-state index contributed by atoms with van der Waals surface area (Å²) in [5.74, 6) is -0.847. The number of nitrogens with one attached hydrogen (secondary N) is 1. The number of amides is 2. The number of likely N-dealkylation sites (tertiary alicyclic amines) is 1. The Hall–Kier alpha value is -2.39. The number of carbonyl (C=O) groups is 3. The molecule has 7 nitrogen and oxygen atoms in total. The topological polar surface area (TPSA) is 108 Å². The van der Waals surface area contributed by atoms with Crippen LogP contribution in [0.1, 0.15) is 48.5 Å². The molecular formula is C25H26N2O5S2. The quantitative estimate of drug-likeness (QED) is 0.447. The van der Waals surface area contributed by atoms with Gasteiger partial charge in [0.25, 0.3) is 0 Å². The molecule has 1 aromatic carbocycles. The maximum atomic E-state index is 13.5. The lowest BCUT2D eigenvalue weighted by molar-refractivity contribution is -0.141. The zero-order chi connectivity index (χ0) is 23.6. The summed E-state index contributed by atoms with van der Waals surface area (Å²) in [5, 5.41) is 9.95. The zero-order valence-electron chi connectivity index (χ0n) is 18.5. The molecule has 3 heterocycles. The molecule has 2 bridgehead atoms. The predicted molar refractivity (Wildman–Crippen MR) is 128 cm³/mol. The van der Waals surface area contributed by atoms with Crippen LogP contribution >= 0.6 is 23.1 Å². The third kappa shape index (κ3) is 3.31. The van der Waals surface area contributed by atoms with E-state index in [0.29, 0.717) is 25.8 Å². The maximum Gasteiger partial charge on any atom is 0.305 e. The number of aromatic amines is 1. The normalized spacial score (nSPS) is 33.2. The first-order valence-electron chi connectivity index (χ1n) is 12.0. The van der Waals surface area contributed by atoms with Crippen LogP contribution in [-0.2, 0) is 14.4 Å². The summed E-state index contributed by atoms with van der Waals surface area (Å²) in [7, 11) is 0. The zero-order valence-corrected chi connectivity index (χ0v) is 20.1. The molecule has 1 saturated heterocycles. The van der Waals surface area contributed by atoms with Gasteiger partial charge in [0, 0.05) is 29.0 Å². The van der Waals surface area contributed by atoms with Gasteiger partial charge in [-0.3, -0.25) is 24.1 Å². The van der Waals surface area contributed by atoms with Gasteiger partial charge in [-0.05, 0) is 42.6 Å². The van der Waals surface area contributed by atoms with Gasteiger partial charge in [-0.1, -0.05) is 48.1 Å². The van der Waals surface area contributed by atoms with Crippen molar-refractivity contribution in [3.05, 3.63) is 50.4 Å². The molecule has 2 saturated carbocycles. The van der Waals surface area contributed by atoms with Gasteiger partial charge in [0.15, 0.2) is 0 Å². The summed E-state index contributed by atoms with van der Waals surface area (Å²) in [6, 6.07) is 10.3. The number of aliphatic carboxylic acids is 1. The average molecular weight is 499 g/mol. The van der Waals surface area contributed by atoms with Crippen molar-refractivity contribution in [3.63, 3.8) is 0 Å². The van der Waals surface area contributed by atoms with Crippen molar-refractivity contribution < 1.29 is 19.5 Å². The first-order valence-corrected chi connectivity index (χ1v) is 13.7. The first kappa shape index (κ1) is 22.1. The molecule has 2 aromatic rings. The summed E-state index contributed by atoms with van der Waals surface area (Å²) in [5.41, 5.74) is 1.17. The number of carboxylic acid groups (broad SMARTS) is 1. The number of rotatable bonds is 7. The number of hydrogen-bond donors (Lipinski definition) is 2. The average Bonchev–Trinajstić information content (AvgIpc) is 3.54. The molecule has 2 aliphatic heterocycles. The van der Waals surface area contributed by atoms with Crippen LogP contribution in [-0.4, -0.2) is 44.6 Å². The minimum atomic E-state index is -0.817. The number of imide groups is 1. The fourth-order valence-corrected chi connectivity index (χ4v) is 9.94. The SMILES string of the molecule is O=C(O)CCCCCN1C(=O)C2C3CC(C2C1=O)C1C3Sc2[nH]c(=O)sc2[C@@H]1c1ccccc1. The van der Waals surface area contributed by atoms with Crippen LogP contribution < -0.4 is 4.87 Å². The third-order valence-corrected chi connectivity index (χ3v) is 10.8. The summed E-state index contributed by atoms with van der Waals surface area (Å²) in [6.07, 6.45) is 2.90. The second-order valence-electron chi connectivity index (χ2n) is 9.90. The predicted octanol–water partition coefficient (Wildman–Crippen LogP) is 3.55. The van der Waals surface area contributed by atoms with E-state index in [-0.39, 0.29) is 63.9 Å². The van der Waals surface area contributed by atoms with E-state index in [1.165, 1.54) is 21.8 Å². The van der Waals surface area contributed by atoms with Gasteiger partial charge in [0.05, 0.1) is 16.9 Å². The van der Waals surface area contributed by atoms with E-state index < -0.39 is 5.97 Å². The monoisotopic (exact) mass is 498 g/mol. The molecule has 9 heteroatoms. The number of hydrogen-bond acceptors (Lipinski definition) is 6. The van der Waals surface area contributed by atoms with Crippen LogP contribution in [0.3, 0.4) is 0 Å². The van der Waals surface area contributed by atoms with E-state index in [9.17, 15) is 19.2 Å². The second-order valence-corrected chi connectivity index (χ2v) is 12.1. The highest BCUT2D eigenvalue weighted by Gasteiger charge is 2.69. The summed E-state index contributed by atoms with van der Waals surface area (Å²) in [6.45, 7) is 0.384. The van der Waals surface area contributed by atoms with Crippen molar-refractivity contribution in [3.8, 4) is 0 Å². The summed E-state index contributed by atoms with van der Waals surface area (Å²) >= 11 is 2.99. The van der Waals surface area contributed by atoms with Gasteiger partial charge in [-0.2, -0.15) is 0 Å². The molecule has 2 aliphatic carbocycles. The van der Waals surface area contributed by atoms with Gasteiger partial charge in [-0.25, -0.2) is 0 Å². The number of H-pyrrole nitrogens is 1. The van der Waals surface area contributed by atoms with E-state index in [4.69, 9.17) is 5.11 Å². The number of unbranched alkanes of at least 4 members (excludes halogenated alkanes) is 2. The second kappa shape index (κ2) is 8.37. The van der Waals surface area contributed by atoms with Gasteiger partial charge in [-0.15, -0.1) is 11.8 Å². The Balaban J connectivity index is 1.28. The van der Waals surface area contributed by atoms with E-state index in [1.807, 2.05) is 18.2 Å². The molecule has 0 spiro atoms. The molecule has 6 rings (SSSR count). The highest BCUT2D eigenvalue weighted by atomic mass is 32.2. The van der Waals surface area contributed by atoms with Crippen LogP contribution in [0.5, 0.6) is 0 Å². The largest absolute Gasteiger partial charge is 0.481 e. The van der Waals surface area contributed by atoms with Crippen LogP contribution in [0.4, 0.5) is 0 Å². The third-order valence-electron chi connectivity index (χ3n) is 8.25. The van der Waals surface area contributed by atoms with Crippen LogP contribution in [0.15, 0.2) is 40.2 Å². The van der Waals surface area contributed by atoms with Crippen molar-refractivity contribution in [2.24, 2.45) is 29.6 Å². The number of thiazole rings is 1. The van der Waals surface area contributed by atoms with Crippen LogP contribution in [0.25, 0.3) is 0 Å². The first-order chi connectivity index (χ1) is 16.5. The number of benzene rings is 1. The van der Waals surface area contributed by atoms with E-state index in [0.717, 1.165) is 16.3 Å². The Labute approximate surface area is 204 Å². The van der Waals surface area contributed by atoms with Crippen molar-refractivity contribution in [2.45, 2.75) is 48.3 Å². The fourth-order valence-electron chi connectivity index (χ4n) is 7.06. The minimum Gasteiger partial charge on any atom is -0.481 e. The lowest BCUT2D eigenvalue weighted by Gasteiger charge is -2.43. The summed E-state index contributed by atoms with van der Waals surface area (Å²) in [4.78, 5) is 55.4. The van der Waals surface area contributed by atoms with Crippen LogP contribution in [0.2, 0.25) is 0 Å². The molecule has 178 valence electrons. The molecule has 0 radical (unpaired) electrons. The maximum absolute atomic E-state index is 13.5. The molecule has 7 atom stereocenters. The number of thioether (sulfide) groups is 1. The number of nitrogens with zero attached hydrogens (tertiary/aromatic N) is 1. The number of aromatic nitrogens is 1. The molecular weight excluding hydrogens is 472 g/mol. The number of carbonyl (C=O) groups excluding carboxylic acids is 2. The molecule has 6 unspecified atom stereocenters. The minimum absolute atomic E-state index is 0.0379. The number of carboxylic acids is 1. The van der Waals surface area contributed by atoms with Crippen molar-refractivity contribution in [1.29, 1.82) is 0 Å². The molecule has 3 fully saturated rings. The fraction of sp³-hybridized carbons (Fsp3) is 0.520. The Morgan fingerprint density at radius 2 is 1.76 bits per heavy atom. The molecule has 4 aliphatic rings. The smallest absolute Gasteiger partial charge is 0.305 e. The van der Waals surface area contributed by atoms with Gasteiger partial charge < -0.3 is 10.1 Å². The van der Waals surface area contributed by atoms with E-state index in [1.54, 1.807) is 11.8 Å². The van der Waals surface area contributed by atoms with Gasteiger partial charge >= 0.3 is 10.8 Å². The Morgan fingerprint density at radius 1 is 1.03 bits per heavy atom. The molecule has 2 N–H and O–H groups in total. The van der Waals surface area contributed by atoms with Crippen molar-refractivity contribution in [1.82, 2.24) is 9.88 Å². The lowest BCUT2D eigenvalue weighted by Crippen LogP contribution is -2.42. The molecule has 34 heavy (non-hydrogen) atoms. The Morgan fingerprint density at radius 3 is 2.50 bits per heavy atom. The van der Waals surface area contributed by atoms with Gasteiger partial charge in [0.2, 0.25) is 11.8 Å². The molecule has 1 aromatic heterocycles. The summed E-state index contributed by atoms with van der Waals surface area (Å²) < 4.78 is 0. The van der Waals surface area contributed by atoms with E-state index >= 15 is 0 Å². The van der Waals surface area contributed by atoms with Gasteiger partial charge in [0.1, 0.15) is 0 Å². The Bertz CT molecular complexity index is 1210. The highest BCUT2D eigenvalue weighted by Crippen LogP contribution is 2.68.